The number of ketones is 1. The molecule has 0 spiro atoms. The molecule has 2 saturated heterocycles. The normalized spacial score (nSPS) is 24.4. The quantitative estimate of drug-likeness (QED) is 0.297. The monoisotopic (exact) mass is 592 g/mol. The van der Waals surface area contributed by atoms with E-state index in [1.807, 2.05) is 80.7 Å². The Balaban J connectivity index is 1.68. The van der Waals surface area contributed by atoms with Crippen molar-refractivity contribution in [1.82, 2.24) is 10.2 Å². The van der Waals surface area contributed by atoms with Crippen molar-refractivity contribution in [3.63, 3.8) is 0 Å². The number of hydrogen-bond acceptors (Lipinski definition) is 5. The summed E-state index contributed by atoms with van der Waals surface area (Å²) in [4.78, 5) is 45.3. The van der Waals surface area contributed by atoms with Crippen molar-refractivity contribution in [1.29, 1.82) is 0 Å². The highest BCUT2D eigenvalue weighted by Gasteiger charge is 2.57. The molecule has 5 rings (SSSR count). The van der Waals surface area contributed by atoms with Gasteiger partial charge in [-0.1, -0.05) is 80.9 Å². The van der Waals surface area contributed by atoms with Gasteiger partial charge < -0.3 is 15.0 Å². The third-order valence-electron chi connectivity index (χ3n) is 7.90. The summed E-state index contributed by atoms with van der Waals surface area (Å²) < 4.78 is 5.77. The lowest BCUT2D eigenvalue weighted by molar-refractivity contribution is -0.142. The summed E-state index contributed by atoms with van der Waals surface area (Å²) in [6, 6.07) is 19.1. The number of benzene rings is 2. The number of Topliss-reactive ketones (excluding diaryl/α,β-unsaturated/α-hetero) is 1. The first-order valence-corrected chi connectivity index (χ1v) is 15.5. The van der Waals surface area contributed by atoms with Crippen LogP contribution in [0.2, 0.25) is 5.02 Å². The number of carbonyl (C=O) groups excluding carboxylic acids is 3. The molecule has 41 heavy (non-hydrogen) atoms. The van der Waals surface area contributed by atoms with E-state index in [9.17, 15) is 14.4 Å². The van der Waals surface area contributed by atoms with Gasteiger partial charge in [-0.2, -0.15) is 0 Å². The second kappa shape index (κ2) is 12.5. The summed E-state index contributed by atoms with van der Waals surface area (Å²) in [5.74, 6) is -1.76. The zero-order chi connectivity index (χ0) is 29.1. The van der Waals surface area contributed by atoms with Gasteiger partial charge in [0.2, 0.25) is 11.8 Å². The number of ether oxygens (including phenoxy) is 1. The Labute approximate surface area is 251 Å². The van der Waals surface area contributed by atoms with Gasteiger partial charge in [-0.25, -0.2) is 0 Å². The molecule has 0 bridgehead atoms. The van der Waals surface area contributed by atoms with Gasteiger partial charge in [0, 0.05) is 30.5 Å². The van der Waals surface area contributed by atoms with Gasteiger partial charge in [-0.3, -0.25) is 14.4 Å². The smallest absolute Gasteiger partial charge is 0.243 e. The maximum atomic E-state index is 14.4. The summed E-state index contributed by atoms with van der Waals surface area (Å²) in [6.45, 7) is 7.08. The second-order valence-electron chi connectivity index (χ2n) is 12.2. The molecule has 2 amide bonds. The highest BCUT2D eigenvalue weighted by Crippen LogP contribution is 2.52. The average Bonchev–Trinajstić information content (AvgIpc) is 3.72. The highest BCUT2D eigenvalue weighted by atomic mass is 35.5. The first kappa shape index (κ1) is 29.5. The van der Waals surface area contributed by atoms with Crippen LogP contribution in [0.15, 0.2) is 72.1 Å². The lowest BCUT2D eigenvalue weighted by Gasteiger charge is -2.34. The molecular weight excluding hydrogens is 556 g/mol. The number of carbonyl (C=O) groups is 3. The Morgan fingerprint density at radius 2 is 1.73 bits per heavy atom. The molecule has 0 radical (unpaired) electrons. The summed E-state index contributed by atoms with van der Waals surface area (Å²) >= 11 is 7.65. The van der Waals surface area contributed by atoms with Crippen LogP contribution in [0.1, 0.15) is 72.8 Å². The molecular formula is C33H37ClN2O4S. The van der Waals surface area contributed by atoms with Crippen LogP contribution in [0.4, 0.5) is 0 Å². The maximum absolute atomic E-state index is 14.4. The van der Waals surface area contributed by atoms with Crippen LogP contribution in [-0.2, 0) is 14.3 Å². The molecule has 2 aliphatic rings. The number of rotatable bonds is 8. The van der Waals surface area contributed by atoms with Gasteiger partial charge in [-0.05, 0) is 53.0 Å². The van der Waals surface area contributed by atoms with E-state index in [2.05, 4.69) is 5.32 Å². The number of likely N-dealkylation sites (tertiary alicyclic amines) is 1. The molecule has 2 fully saturated rings. The molecule has 2 aromatic carbocycles. The molecule has 3 aromatic rings. The molecule has 216 valence electrons. The van der Waals surface area contributed by atoms with E-state index in [1.165, 1.54) is 11.3 Å². The number of amides is 2. The zero-order valence-corrected chi connectivity index (χ0v) is 25.3. The number of nitrogens with one attached hydrogen (secondary N) is 1. The third-order valence-corrected chi connectivity index (χ3v) is 9.03. The van der Waals surface area contributed by atoms with Crippen molar-refractivity contribution in [2.24, 2.45) is 11.3 Å². The van der Waals surface area contributed by atoms with Gasteiger partial charge in [0.05, 0.1) is 22.9 Å². The van der Waals surface area contributed by atoms with Gasteiger partial charge in [-0.15, -0.1) is 11.3 Å². The van der Waals surface area contributed by atoms with E-state index in [0.29, 0.717) is 23.1 Å². The first-order chi connectivity index (χ1) is 19.6. The molecule has 0 saturated carbocycles. The van der Waals surface area contributed by atoms with E-state index in [0.717, 1.165) is 24.0 Å². The Morgan fingerprint density at radius 3 is 2.34 bits per heavy atom. The molecule has 6 nitrogen and oxygen atoms in total. The topological polar surface area (TPSA) is 75.7 Å². The van der Waals surface area contributed by atoms with Crippen molar-refractivity contribution in [3.8, 4) is 0 Å². The summed E-state index contributed by atoms with van der Waals surface area (Å²) in [5.41, 5.74) is 1.31. The largest absolute Gasteiger partial charge is 0.376 e. The minimum Gasteiger partial charge on any atom is -0.376 e. The first-order valence-electron chi connectivity index (χ1n) is 14.2. The van der Waals surface area contributed by atoms with Crippen LogP contribution in [0.5, 0.6) is 0 Å². The van der Waals surface area contributed by atoms with Gasteiger partial charge in [0.25, 0.3) is 0 Å². The van der Waals surface area contributed by atoms with Crippen molar-refractivity contribution in [2.45, 2.75) is 64.1 Å². The number of hydrogen-bond donors (Lipinski definition) is 1. The second-order valence-corrected chi connectivity index (χ2v) is 13.5. The number of halogens is 1. The van der Waals surface area contributed by atoms with Crippen molar-refractivity contribution in [2.75, 3.05) is 13.2 Å². The fourth-order valence-electron chi connectivity index (χ4n) is 6.16. The molecule has 2 aliphatic heterocycles. The minimum atomic E-state index is -0.897. The average molecular weight is 593 g/mol. The molecule has 1 aromatic heterocycles. The minimum absolute atomic E-state index is 0.0541. The van der Waals surface area contributed by atoms with Crippen LogP contribution in [0, 0.1) is 11.3 Å². The lowest BCUT2D eigenvalue weighted by atomic mass is 9.77. The molecule has 8 heteroatoms. The van der Waals surface area contributed by atoms with Crippen LogP contribution < -0.4 is 5.32 Å². The molecule has 1 N–H and O–H groups in total. The summed E-state index contributed by atoms with van der Waals surface area (Å²) in [5, 5.41) is 5.54. The number of nitrogens with zero attached hydrogens (tertiary/aromatic N) is 1. The van der Waals surface area contributed by atoms with Crippen LogP contribution in [-0.4, -0.2) is 47.8 Å². The van der Waals surface area contributed by atoms with E-state index in [4.69, 9.17) is 16.3 Å². The summed E-state index contributed by atoms with van der Waals surface area (Å²) in [6.07, 6.45) is 2.02. The Hall–Kier alpha value is -3.00. The standard InChI is InChI=1S/C33H37ClN2O4S/c1-33(2,3)19-26(37)36-29(22-9-5-4-6-10-22)28(31(38)25-12-8-18-41-25)27(21-13-15-23(34)16-14-21)30(36)32(39)35-20-24-11-7-17-40-24/h4-6,8-10,12-16,18,24,27-30H,7,11,17,19-20H2,1-3H3,(H,35,39). The Morgan fingerprint density at radius 1 is 1.00 bits per heavy atom. The Bertz CT molecular complexity index is 1350. The predicted octanol–water partition coefficient (Wildman–Crippen LogP) is 6.67. The van der Waals surface area contributed by atoms with E-state index < -0.39 is 23.9 Å². The van der Waals surface area contributed by atoms with E-state index in [1.54, 1.807) is 17.0 Å². The maximum Gasteiger partial charge on any atom is 0.243 e. The van der Waals surface area contributed by atoms with Crippen molar-refractivity contribution >= 4 is 40.5 Å². The van der Waals surface area contributed by atoms with Gasteiger partial charge >= 0.3 is 0 Å². The van der Waals surface area contributed by atoms with E-state index in [-0.39, 0.29) is 35.5 Å². The van der Waals surface area contributed by atoms with Crippen LogP contribution in [0.3, 0.4) is 0 Å². The van der Waals surface area contributed by atoms with Crippen molar-refractivity contribution in [3.05, 3.63) is 93.1 Å². The van der Waals surface area contributed by atoms with Gasteiger partial charge in [0.1, 0.15) is 6.04 Å². The van der Waals surface area contributed by atoms with Gasteiger partial charge in [0.15, 0.2) is 5.78 Å². The highest BCUT2D eigenvalue weighted by molar-refractivity contribution is 7.12. The van der Waals surface area contributed by atoms with E-state index >= 15 is 0 Å². The fraction of sp³-hybridized carbons (Fsp3) is 0.424. The molecule has 3 heterocycles. The molecule has 0 aliphatic carbocycles. The van der Waals surface area contributed by atoms with Crippen LogP contribution >= 0.6 is 22.9 Å². The molecule has 5 atom stereocenters. The predicted molar refractivity (Wildman–Crippen MR) is 162 cm³/mol. The Kier molecular flexibility index (Phi) is 8.97. The summed E-state index contributed by atoms with van der Waals surface area (Å²) in [7, 11) is 0. The van der Waals surface area contributed by atoms with Crippen molar-refractivity contribution < 1.29 is 19.1 Å². The zero-order valence-electron chi connectivity index (χ0n) is 23.7. The number of thiophene rings is 1. The van der Waals surface area contributed by atoms with Crippen LogP contribution in [0.25, 0.3) is 0 Å². The SMILES string of the molecule is CC(C)(C)CC(=O)N1C(C(=O)NCC2CCCO2)C(c2ccc(Cl)cc2)C(C(=O)c2cccs2)C1c1ccccc1. The fourth-order valence-corrected chi connectivity index (χ4v) is 7.00. The molecule has 5 unspecified atom stereocenters. The lowest BCUT2D eigenvalue weighted by Crippen LogP contribution is -2.50. The third kappa shape index (κ3) is 6.58.